The molecule has 0 spiro atoms. The first-order valence-corrected chi connectivity index (χ1v) is 6.34. The minimum atomic E-state index is -0.448. The maximum Gasteiger partial charge on any atom is 0.263 e. The number of carbonyl (C=O) groups excluding carboxylic acids is 1. The highest BCUT2D eigenvalue weighted by Crippen LogP contribution is 2.19. The maximum absolute atomic E-state index is 12.1. The van der Waals surface area contributed by atoms with Crippen LogP contribution in [0.25, 0.3) is 10.4 Å². The van der Waals surface area contributed by atoms with Crippen LogP contribution in [0.5, 0.6) is 0 Å². The quantitative estimate of drug-likeness (QED) is 0.333. The van der Waals surface area contributed by atoms with Crippen molar-refractivity contribution in [3.8, 4) is 0 Å². The zero-order valence-electron chi connectivity index (χ0n) is 11.1. The Morgan fingerprint density at radius 1 is 1.53 bits per heavy atom. The van der Waals surface area contributed by atoms with Crippen LogP contribution in [0, 0.1) is 0 Å². The van der Waals surface area contributed by atoms with E-state index in [1.165, 1.54) is 30.5 Å². The number of nitrogens with zero attached hydrogens (tertiary/aromatic N) is 4. The number of methoxy groups -OCH3 is 2. The van der Waals surface area contributed by atoms with Gasteiger partial charge in [-0.1, -0.05) is 5.11 Å². The molecule has 0 N–H and O–H groups in total. The molecule has 0 bridgehead atoms. The largest absolute Gasteiger partial charge is 0.354 e. The fraction of sp³-hybridized carbons (Fsp3) is 0.545. The van der Waals surface area contributed by atoms with Crippen molar-refractivity contribution in [2.45, 2.75) is 12.8 Å². The Labute approximate surface area is 115 Å². The van der Waals surface area contributed by atoms with E-state index in [2.05, 4.69) is 10.0 Å². The molecule has 0 saturated heterocycles. The lowest BCUT2D eigenvalue weighted by atomic mass is 10.4. The molecule has 19 heavy (non-hydrogen) atoms. The number of carbonyl (C=O) groups is 1. The Kier molecular flexibility index (Phi) is 6.31. The van der Waals surface area contributed by atoms with Gasteiger partial charge < -0.3 is 14.4 Å². The third kappa shape index (κ3) is 4.53. The number of ether oxygens (including phenoxy) is 2. The molecule has 104 valence electrons. The number of rotatable bonds is 7. The van der Waals surface area contributed by atoms with E-state index in [1.807, 2.05) is 0 Å². The summed E-state index contributed by atoms with van der Waals surface area (Å²) in [5.41, 5.74) is 8.25. The Morgan fingerprint density at radius 2 is 2.21 bits per heavy atom. The smallest absolute Gasteiger partial charge is 0.263 e. The van der Waals surface area contributed by atoms with Gasteiger partial charge >= 0.3 is 0 Å². The summed E-state index contributed by atoms with van der Waals surface area (Å²) < 4.78 is 10.1. The van der Waals surface area contributed by atoms with Gasteiger partial charge in [0, 0.05) is 31.1 Å². The van der Waals surface area contributed by atoms with Crippen molar-refractivity contribution in [2.75, 3.05) is 27.8 Å². The normalized spacial score (nSPS) is 10.3. The second-order valence-corrected chi connectivity index (χ2v) is 4.91. The first kappa shape index (κ1) is 15.5. The zero-order valence-corrected chi connectivity index (χ0v) is 11.9. The van der Waals surface area contributed by atoms with E-state index in [9.17, 15) is 4.79 Å². The molecule has 8 heteroatoms. The van der Waals surface area contributed by atoms with Crippen LogP contribution in [0.2, 0.25) is 0 Å². The van der Waals surface area contributed by atoms with Crippen molar-refractivity contribution in [1.29, 1.82) is 0 Å². The van der Waals surface area contributed by atoms with Crippen molar-refractivity contribution in [3.63, 3.8) is 0 Å². The Balaban J connectivity index is 2.65. The molecule has 0 fully saturated rings. The standard InChI is InChI=1S/C11H16N4O3S/c1-15(7-10(17-2)18-3)11(16)9-5-4-8(19-9)6-13-14-12/h4-5,10H,6-7H2,1-3H3. The molecule has 0 aliphatic heterocycles. The van der Waals surface area contributed by atoms with Gasteiger partial charge in [-0.15, -0.1) is 11.3 Å². The number of azide groups is 1. The molecule has 1 heterocycles. The number of thiophene rings is 1. The third-order valence-electron chi connectivity index (χ3n) is 2.46. The minimum absolute atomic E-state index is 0.115. The first-order chi connectivity index (χ1) is 9.12. The third-order valence-corrected chi connectivity index (χ3v) is 3.52. The van der Waals surface area contributed by atoms with Crippen molar-refractivity contribution in [3.05, 3.63) is 32.3 Å². The molecule has 7 nitrogen and oxygen atoms in total. The van der Waals surface area contributed by atoms with E-state index in [0.717, 1.165) is 4.88 Å². The average Bonchev–Trinajstić information content (AvgIpc) is 2.90. The molecule has 1 rings (SSSR count). The Hall–Kier alpha value is -1.60. The van der Waals surface area contributed by atoms with E-state index in [1.54, 1.807) is 19.2 Å². The van der Waals surface area contributed by atoms with Crippen molar-refractivity contribution >= 4 is 17.2 Å². The van der Waals surface area contributed by atoms with Gasteiger partial charge in [-0.25, -0.2) is 0 Å². The van der Waals surface area contributed by atoms with Gasteiger partial charge in [0.25, 0.3) is 5.91 Å². The fourth-order valence-electron chi connectivity index (χ4n) is 1.42. The van der Waals surface area contributed by atoms with Gasteiger partial charge in [0.15, 0.2) is 6.29 Å². The number of hydrogen-bond acceptors (Lipinski definition) is 5. The minimum Gasteiger partial charge on any atom is -0.354 e. The number of amides is 1. The summed E-state index contributed by atoms with van der Waals surface area (Å²) in [6.45, 7) is 0.604. The van der Waals surface area contributed by atoms with E-state index in [-0.39, 0.29) is 12.5 Å². The average molecular weight is 284 g/mol. The molecule has 0 saturated carbocycles. The predicted octanol–water partition coefficient (Wildman–Crippen LogP) is 2.25. The van der Waals surface area contributed by atoms with Gasteiger partial charge in [0.2, 0.25) is 0 Å². The van der Waals surface area contributed by atoms with Crippen molar-refractivity contribution < 1.29 is 14.3 Å². The summed E-state index contributed by atoms with van der Waals surface area (Å²) >= 11 is 1.31. The molecule has 0 aliphatic carbocycles. The lowest BCUT2D eigenvalue weighted by Gasteiger charge is -2.21. The number of likely N-dealkylation sites (N-methyl/N-ethyl adjacent to an activating group) is 1. The second-order valence-electron chi connectivity index (χ2n) is 3.74. The van der Waals surface area contributed by atoms with Gasteiger partial charge in [-0.05, 0) is 17.7 Å². The lowest BCUT2D eigenvalue weighted by Crippen LogP contribution is -2.35. The summed E-state index contributed by atoms with van der Waals surface area (Å²) in [5, 5.41) is 3.46. The van der Waals surface area contributed by atoms with E-state index < -0.39 is 6.29 Å². The highest BCUT2D eigenvalue weighted by molar-refractivity contribution is 7.14. The topological polar surface area (TPSA) is 87.5 Å². The Bertz CT molecular complexity index is 466. The number of hydrogen-bond donors (Lipinski definition) is 0. The molecule has 0 aliphatic rings. The second kappa shape index (κ2) is 7.75. The van der Waals surface area contributed by atoms with E-state index >= 15 is 0 Å². The van der Waals surface area contributed by atoms with Crippen LogP contribution >= 0.6 is 11.3 Å². The molecule has 0 atom stereocenters. The fourth-order valence-corrected chi connectivity index (χ4v) is 2.34. The van der Waals surface area contributed by atoms with Crippen LogP contribution in [-0.4, -0.2) is 44.9 Å². The van der Waals surface area contributed by atoms with E-state index in [0.29, 0.717) is 11.4 Å². The molecule has 0 aromatic carbocycles. The summed E-state index contributed by atoms with van der Waals surface area (Å²) in [7, 11) is 4.73. The summed E-state index contributed by atoms with van der Waals surface area (Å²) in [4.78, 5) is 17.8. The molecular weight excluding hydrogens is 268 g/mol. The highest BCUT2D eigenvalue weighted by atomic mass is 32.1. The highest BCUT2D eigenvalue weighted by Gasteiger charge is 2.17. The van der Waals surface area contributed by atoms with Crippen molar-refractivity contribution in [2.24, 2.45) is 5.11 Å². The lowest BCUT2D eigenvalue weighted by molar-refractivity contribution is -0.110. The van der Waals surface area contributed by atoms with Gasteiger partial charge in [0.05, 0.1) is 18.0 Å². The zero-order chi connectivity index (χ0) is 14.3. The van der Waals surface area contributed by atoms with Crippen LogP contribution in [-0.2, 0) is 16.0 Å². The van der Waals surface area contributed by atoms with Crippen LogP contribution in [0.4, 0.5) is 0 Å². The van der Waals surface area contributed by atoms with Crippen LogP contribution in [0.1, 0.15) is 14.5 Å². The molecule has 0 unspecified atom stereocenters. The summed E-state index contributed by atoms with van der Waals surface area (Å²) in [6.07, 6.45) is -0.448. The SMILES string of the molecule is COC(CN(C)C(=O)c1ccc(CN=[N+]=[N-])s1)OC. The van der Waals surface area contributed by atoms with Crippen LogP contribution < -0.4 is 0 Å². The first-order valence-electron chi connectivity index (χ1n) is 5.53. The van der Waals surface area contributed by atoms with Gasteiger partial charge in [0.1, 0.15) is 0 Å². The molecule has 0 radical (unpaired) electrons. The summed E-state index contributed by atoms with van der Waals surface area (Å²) in [5.74, 6) is -0.115. The molecule has 1 amide bonds. The van der Waals surface area contributed by atoms with Gasteiger partial charge in [-0.2, -0.15) is 0 Å². The van der Waals surface area contributed by atoms with Crippen molar-refractivity contribution in [1.82, 2.24) is 4.90 Å². The molecule has 1 aromatic rings. The molecular formula is C11H16N4O3S. The van der Waals surface area contributed by atoms with Crippen LogP contribution in [0.15, 0.2) is 17.2 Å². The monoisotopic (exact) mass is 284 g/mol. The summed E-state index contributed by atoms with van der Waals surface area (Å²) in [6, 6.07) is 3.50. The Morgan fingerprint density at radius 3 is 2.79 bits per heavy atom. The van der Waals surface area contributed by atoms with Crippen LogP contribution in [0.3, 0.4) is 0 Å². The maximum atomic E-state index is 12.1. The van der Waals surface area contributed by atoms with E-state index in [4.69, 9.17) is 15.0 Å². The molecule has 1 aromatic heterocycles. The van der Waals surface area contributed by atoms with Gasteiger partial charge in [-0.3, -0.25) is 4.79 Å². The predicted molar refractivity (Wildman–Crippen MR) is 71.9 cm³/mol.